The highest BCUT2D eigenvalue weighted by Crippen LogP contribution is 2.18. The average Bonchev–Trinajstić information content (AvgIpc) is 3.04. The number of carbonyl (C=O) groups excluding carboxylic acids is 4. The summed E-state index contributed by atoms with van der Waals surface area (Å²) in [5, 5.41) is 6.38. The summed E-state index contributed by atoms with van der Waals surface area (Å²) in [6.45, 7) is 24.1. The lowest BCUT2D eigenvalue weighted by molar-refractivity contribution is -0.158. The van der Waals surface area contributed by atoms with Crippen LogP contribution in [0.3, 0.4) is 0 Å². The van der Waals surface area contributed by atoms with Gasteiger partial charge in [0.2, 0.25) is 0 Å². The van der Waals surface area contributed by atoms with E-state index in [2.05, 4.69) is 10.6 Å². The van der Waals surface area contributed by atoms with Gasteiger partial charge in [-0.15, -0.1) is 0 Å². The van der Waals surface area contributed by atoms with Crippen LogP contribution in [0.2, 0.25) is 0 Å². The van der Waals surface area contributed by atoms with Crippen molar-refractivity contribution in [3.8, 4) is 5.75 Å². The number of benzene rings is 2. The first-order chi connectivity index (χ1) is 26.4. The van der Waals surface area contributed by atoms with Crippen LogP contribution in [0.4, 0.5) is 0 Å². The van der Waals surface area contributed by atoms with Gasteiger partial charge in [0.05, 0.1) is 26.2 Å². The zero-order chi connectivity index (χ0) is 42.9. The predicted molar refractivity (Wildman–Crippen MR) is 222 cm³/mol. The van der Waals surface area contributed by atoms with E-state index >= 15 is 0 Å². The lowest BCUT2D eigenvalue weighted by Gasteiger charge is -2.34. The van der Waals surface area contributed by atoms with Crippen molar-refractivity contribution in [3.05, 3.63) is 65.7 Å². The highest BCUT2D eigenvalue weighted by molar-refractivity contribution is 5.73. The van der Waals surface area contributed by atoms with E-state index in [1.807, 2.05) is 147 Å². The molecule has 0 amide bonds. The maximum atomic E-state index is 13.4. The zero-order valence-electron chi connectivity index (χ0n) is 36.6. The average molecular weight is 799 g/mol. The van der Waals surface area contributed by atoms with E-state index in [-0.39, 0.29) is 44.2 Å². The van der Waals surface area contributed by atoms with Gasteiger partial charge < -0.3 is 34.3 Å². The maximum Gasteiger partial charge on any atom is 0.320 e. The Hall–Kier alpha value is -4.04. The number of nitrogens with one attached hydrogen (secondary N) is 2. The fourth-order valence-corrected chi connectivity index (χ4v) is 5.62. The molecule has 0 radical (unpaired) electrons. The number of ether oxygens (including phenoxy) is 5. The lowest BCUT2D eigenvalue weighted by atomic mass is 10.0. The minimum Gasteiger partial charge on any atom is -0.489 e. The first-order valence-electron chi connectivity index (χ1n) is 19.9. The molecule has 0 aliphatic heterocycles. The Morgan fingerprint density at radius 2 is 1.05 bits per heavy atom. The normalized spacial score (nSPS) is 12.9. The molecule has 0 aliphatic carbocycles. The SMILES string of the molecule is CC(C)(C)OC(=O)CNCCN(CCN(CC(=O)OC(C)(C)C)[C@H](CNCC(=O)OC(C)(C)C)Cc1ccc(OCc2ccccc2)cc1)CC(=O)OC(C)(C)C. The van der Waals surface area contributed by atoms with Crippen LogP contribution in [-0.2, 0) is 51.2 Å². The minimum absolute atomic E-state index is 0.00231. The van der Waals surface area contributed by atoms with Gasteiger partial charge in [0.15, 0.2) is 0 Å². The molecular weight excluding hydrogens is 729 g/mol. The molecule has 0 aliphatic rings. The van der Waals surface area contributed by atoms with Crippen molar-refractivity contribution in [3.63, 3.8) is 0 Å². The zero-order valence-corrected chi connectivity index (χ0v) is 36.6. The fraction of sp³-hybridized carbons (Fsp3) is 0.636. The van der Waals surface area contributed by atoms with Crippen molar-refractivity contribution in [1.29, 1.82) is 0 Å². The van der Waals surface area contributed by atoms with Crippen molar-refractivity contribution >= 4 is 23.9 Å². The Balaban J connectivity index is 2.35. The maximum absolute atomic E-state index is 13.4. The number of rotatable bonds is 22. The molecule has 2 rings (SSSR count). The third kappa shape index (κ3) is 24.4. The van der Waals surface area contributed by atoms with Crippen LogP contribution in [0.5, 0.6) is 5.75 Å². The first-order valence-corrected chi connectivity index (χ1v) is 19.9. The minimum atomic E-state index is -0.703. The molecule has 0 spiro atoms. The Kier molecular flexibility index (Phi) is 19.6. The smallest absolute Gasteiger partial charge is 0.320 e. The second-order valence-corrected chi connectivity index (χ2v) is 18.2. The summed E-state index contributed by atoms with van der Waals surface area (Å²) in [5.41, 5.74) is -0.550. The van der Waals surface area contributed by atoms with E-state index in [1.165, 1.54) is 0 Å². The number of hydrogen-bond donors (Lipinski definition) is 2. The number of hydrogen-bond acceptors (Lipinski definition) is 13. The molecule has 2 N–H and O–H groups in total. The molecule has 320 valence electrons. The third-order valence-electron chi connectivity index (χ3n) is 7.75. The molecule has 0 aromatic heterocycles. The van der Waals surface area contributed by atoms with Crippen LogP contribution in [0.15, 0.2) is 54.6 Å². The molecular formula is C44H70N4O9. The van der Waals surface area contributed by atoms with Crippen LogP contribution in [0, 0.1) is 0 Å². The van der Waals surface area contributed by atoms with E-state index < -0.39 is 34.3 Å². The van der Waals surface area contributed by atoms with Crippen LogP contribution in [-0.4, -0.2) is 121 Å². The van der Waals surface area contributed by atoms with Gasteiger partial charge in [0.25, 0.3) is 0 Å². The second-order valence-electron chi connectivity index (χ2n) is 18.2. The van der Waals surface area contributed by atoms with E-state index in [0.717, 1.165) is 16.9 Å². The van der Waals surface area contributed by atoms with Crippen LogP contribution < -0.4 is 15.4 Å². The standard InChI is InChI=1S/C44H70N4O9/c1-41(2,3)54-37(49)28-45-22-23-47(30-39(51)56-43(7,8)9)24-25-48(31-40(52)57-44(10,11)12)35(27-46-29-38(50)55-42(4,5)6)26-33-18-20-36(21-19-33)53-32-34-16-14-13-15-17-34/h13-21,35,45-46H,22-32H2,1-12H3/t35-/m0/s1. The topological polar surface area (TPSA) is 145 Å². The summed E-state index contributed by atoms with van der Waals surface area (Å²) >= 11 is 0. The molecule has 0 unspecified atom stereocenters. The summed E-state index contributed by atoms with van der Waals surface area (Å²) in [6.07, 6.45) is 0.520. The highest BCUT2D eigenvalue weighted by Gasteiger charge is 2.27. The first kappa shape index (κ1) is 49.1. The monoisotopic (exact) mass is 799 g/mol. The van der Waals surface area contributed by atoms with E-state index in [1.54, 1.807) is 0 Å². The van der Waals surface area contributed by atoms with Gasteiger partial charge in [0.1, 0.15) is 34.8 Å². The van der Waals surface area contributed by atoms with E-state index in [4.69, 9.17) is 23.7 Å². The summed E-state index contributed by atoms with van der Waals surface area (Å²) in [6, 6.07) is 17.5. The molecule has 2 aromatic carbocycles. The van der Waals surface area contributed by atoms with Crippen LogP contribution in [0.1, 0.15) is 94.2 Å². The molecule has 0 saturated carbocycles. The van der Waals surface area contributed by atoms with E-state index in [0.29, 0.717) is 45.8 Å². The van der Waals surface area contributed by atoms with Crippen molar-refractivity contribution < 1.29 is 42.9 Å². The molecule has 1 atom stereocenters. The van der Waals surface area contributed by atoms with Gasteiger partial charge in [-0.2, -0.15) is 0 Å². The molecule has 57 heavy (non-hydrogen) atoms. The van der Waals surface area contributed by atoms with Crippen LogP contribution >= 0.6 is 0 Å². The Labute approximate surface area is 341 Å². The van der Waals surface area contributed by atoms with Crippen molar-refractivity contribution in [2.45, 2.75) is 125 Å². The Morgan fingerprint density at radius 3 is 1.58 bits per heavy atom. The van der Waals surface area contributed by atoms with Gasteiger partial charge in [0, 0.05) is 38.8 Å². The summed E-state index contributed by atoms with van der Waals surface area (Å²) in [5.74, 6) is -0.823. The van der Waals surface area contributed by atoms with Crippen molar-refractivity contribution in [2.24, 2.45) is 0 Å². The Bertz CT molecular complexity index is 1520. The Morgan fingerprint density at radius 1 is 0.561 bits per heavy atom. The summed E-state index contributed by atoms with van der Waals surface area (Å²) in [4.78, 5) is 55.5. The molecule has 0 fully saturated rings. The lowest BCUT2D eigenvalue weighted by Crippen LogP contribution is -2.51. The highest BCUT2D eigenvalue weighted by atomic mass is 16.6. The molecule has 13 heteroatoms. The number of carbonyl (C=O) groups is 4. The number of nitrogens with zero attached hydrogens (tertiary/aromatic N) is 2. The van der Waals surface area contributed by atoms with Crippen molar-refractivity contribution in [2.75, 3.05) is 58.9 Å². The second kappa shape index (κ2) is 22.8. The fourth-order valence-electron chi connectivity index (χ4n) is 5.62. The van der Waals surface area contributed by atoms with Gasteiger partial charge in [-0.1, -0.05) is 42.5 Å². The van der Waals surface area contributed by atoms with E-state index in [9.17, 15) is 19.2 Å². The quantitative estimate of drug-likeness (QED) is 0.0901. The largest absolute Gasteiger partial charge is 0.489 e. The molecule has 13 nitrogen and oxygen atoms in total. The predicted octanol–water partition coefficient (Wildman–Crippen LogP) is 5.33. The van der Waals surface area contributed by atoms with Crippen molar-refractivity contribution in [1.82, 2.24) is 20.4 Å². The van der Waals surface area contributed by atoms with Gasteiger partial charge in [-0.05, 0) is 113 Å². The third-order valence-corrected chi connectivity index (χ3v) is 7.75. The number of esters is 4. The van der Waals surface area contributed by atoms with Gasteiger partial charge >= 0.3 is 23.9 Å². The molecule has 0 bridgehead atoms. The van der Waals surface area contributed by atoms with Crippen LogP contribution in [0.25, 0.3) is 0 Å². The summed E-state index contributed by atoms with van der Waals surface area (Å²) in [7, 11) is 0. The van der Waals surface area contributed by atoms with Gasteiger partial charge in [-0.25, -0.2) is 0 Å². The van der Waals surface area contributed by atoms with Gasteiger partial charge in [-0.3, -0.25) is 29.0 Å². The molecule has 0 saturated heterocycles. The molecule has 2 aromatic rings. The molecule has 0 heterocycles. The summed E-state index contributed by atoms with van der Waals surface area (Å²) < 4.78 is 28.4.